The summed E-state index contributed by atoms with van der Waals surface area (Å²) in [6.07, 6.45) is 0. The molecule has 0 saturated carbocycles. The highest BCUT2D eigenvalue weighted by molar-refractivity contribution is 6.45. The summed E-state index contributed by atoms with van der Waals surface area (Å²) < 4.78 is 0. The lowest BCUT2D eigenvalue weighted by Gasteiger charge is -2.43. The van der Waals surface area contributed by atoms with E-state index >= 15 is 0 Å². The van der Waals surface area contributed by atoms with Crippen LogP contribution in [0.2, 0.25) is 0 Å². The van der Waals surface area contributed by atoms with Crippen LogP contribution in [0.5, 0.6) is 0 Å². The first-order chi connectivity index (χ1) is 59.7. The molecule has 0 spiro atoms. The fraction of sp³-hybridized carbons (Fsp3) is 0. The van der Waals surface area contributed by atoms with Crippen molar-refractivity contribution in [2.75, 3.05) is 39.2 Å². The van der Waals surface area contributed by atoms with Crippen LogP contribution in [0.4, 0.5) is 136 Å². The number of anilines is 24. The van der Waals surface area contributed by atoms with E-state index in [1.165, 1.54) is 0 Å². The van der Waals surface area contributed by atoms with E-state index in [4.69, 9.17) is 0 Å². The fourth-order valence-corrected chi connectivity index (χ4v) is 17.4. The van der Waals surface area contributed by atoms with Gasteiger partial charge in [0.05, 0.1) is 45.5 Å². The number of hydrogen-bond donors (Lipinski definition) is 0. The minimum atomic E-state index is 0.897. The number of nitrogens with zero attached hydrogens (tertiary/aromatic N) is 8. The van der Waals surface area contributed by atoms with Crippen molar-refractivity contribution in [3.63, 3.8) is 0 Å². The zero-order valence-corrected chi connectivity index (χ0v) is 65.9. The maximum Gasteiger partial charge on any atom is 0.0810 e. The predicted molar refractivity (Wildman–Crippen MR) is 508 cm³/mol. The third kappa shape index (κ3) is 13.6. The normalized spacial score (nSPS) is 11.2. The molecule has 8 heteroatoms. The Bertz CT molecular complexity index is 5650. The van der Waals surface area contributed by atoms with Gasteiger partial charge in [-0.25, -0.2) is 0 Å². The molecule has 20 aromatic carbocycles. The van der Waals surface area contributed by atoms with Crippen molar-refractivity contribution in [2.45, 2.75) is 0 Å². The monoisotopic (exact) mass is 1540 g/mol. The molecule has 0 atom stereocenters. The third-order valence-electron chi connectivity index (χ3n) is 22.3. The van der Waals surface area contributed by atoms with Crippen LogP contribution in [0.15, 0.2) is 497 Å². The largest absolute Gasteiger partial charge is 0.310 e. The first-order valence-corrected chi connectivity index (χ1v) is 40.8. The van der Waals surface area contributed by atoms with Gasteiger partial charge in [0.2, 0.25) is 0 Å². The molecule has 0 aliphatic heterocycles. The van der Waals surface area contributed by atoms with Gasteiger partial charge in [0, 0.05) is 123 Å². The summed E-state index contributed by atoms with van der Waals surface area (Å²) >= 11 is 0. The van der Waals surface area contributed by atoms with Gasteiger partial charge in [-0.3, -0.25) is 0 Å². The number of hydrogen-bond acceptors (Lipinski definition) is 8. The minimum Gasteiger partial charge on any atom is -0.310 e. The molecule has 0 bridgehead atoms. The molecule has 0 aromatic heterocycles. The van der Waals surface area contributed by atoms with Crippen molar-refractivity contribution in [2.24, 2.45) is 0 Å². The average molecular weight is 1540 g/mol. The number of benzene rings is 20. The first kappa shape index (κ1) is 72.8. The Morgan fingerprint density at radius 1 is 0.0917 bits per heavy atom. The molecule has 0 radical (unpaired) electrons. The molecule has 20 aromatic rings. The van der Waals surface area contributed by atoms with Crippen LogP contribution in [0, 0.1) is 0 Å². The lowest BCUT2D eigenvalue weighted by Crippen LogP contribution is -2.24. The molecule has 0 N–H and O–H groups in total. The Hall–Kier alpha value is -16.2. The van der Waals surface area contributed by atoms with Crippen molar-refractivity contribution >= 4 is 169 Å². The van der Waals surface area contributed by atoms with Crippen LogP contribution in [0.1, 0.15) is 0 Å². The maximum absolute atomic E-state index is 2.56. The lowest BCUT2D eigenvalue weighted by atomic mass is 9.83. The van der Waals surface area contributed by atoms with Gasteiger partial charge in [-0.05, 0) is 206 Å². The van der Waals surface area contributed by atoms with Gasteiger partial charge >= 0.3 is 0 Å². The molecular weight excluding hydrogens is 1460 g/mol. The zero-order chi connectivity index (χ0) is 79.9. The second-order valence-corrected chi connectivity index (χ2v) is 29.5. The third-order valence-corrected chi connectivity index (χ3v) is 22.3. The summed E-state index contributed by atoms with van der Waals surface area (Å²) in [6.45, 7) is 0. The molecule has 0 heterocycles. The fourth-order valence-electron chi connectivity index (χ4n) is 17.4. The van der Waals surface area contributed by atoms with E-state index in [1.807, 2.05) is 0 Å². The Morgan fingerprint density at radius 2 is 0.183 bits per heavy atom. The molecule has 0 fully saturated rings. The van der Waals surface area contributed by atoms with Crippen LogP contribution in [0.3, 0.4) is 0 Å². The maximum atomic E-state index is 2.56. The molecule has 0 aliphatic rings. The summed E-state index contributed by atoms with van der Waals surface area (Å²) in [5, 5.41) is 5.72. The molecule has 120 heavy (non-hydrogen) atoms. The van der Waals surface area contributed by atoms with E-state index in [0.717, 1.165) is 169 Å². The van der Waals surface area contributed by atoms with Gasteiger partial charge in [-0.1, -0.05) is 291 Å². The average Bonchev–Trinajstić information content (AvgIpc) is 0.663. The van der Waals surface area contributed by atoms with Crippen molar-refractivity contribution in [1.29, 1.82) is 0 Å². The minimum absolute atomic E-state index is 0.897. The number of para-hydroxylation sites is 16. The summed E-state index contributed by atoms with van der Waals surface area (Å²) in [6, 6.07) is 182. The summed E-state index contributed by atoms with van der Waals surface area (Å²) in [4.78, 5) is 20.4. The van der Waals surface area contributed by atoms with Crippen molar-refractivity contribution < 1.29 is 0 Å². The van der Waals surface area contributed by atoms with Gasteiger partial charge in [0.15, 0.2) is 0 Å². The van der Waals surface area contributed by atoms with E-state index in [9.17, 15) is 0 Å². The van der Waals surface area contributed by atoms with E-state index in [0.29, 0.717) is 0 Å². The quantitative estimate of drug-likeness (QED) is 0.0552. The van der Waals surface area contributed by atoms with E-state index in [1.54, 1.807) is 0 Å². The Kier molecular flexibility index (Phi) is 20.0. The van der Waals surface area contributed by atoms with Crippen LogP contribution >= 0.6 is 0 Å². The van der Waals surface area contributed by atoms with Gasteiger partial charge in [0.1, 0.15) is 0 Å². The zero-order valence-electron chi connectivity index (χ0n) is 65.9. The molecule has 0 saturated heterocycles. The van der Waals surface area contributed by atoms with E-state index in [2.05, 4.69) is 537 Å². The Morgan fingerprint density at radius 3 is 0.283 bits per heavy atom. The topological polar surface area (TPSA) is 25.9 Å². The second-order valence-electron chi connectivity index (χ2n) is 29.5. The van der Waals surface area contributed by atoms with Crippen molar-refractivity contribution in [1.82, 2.24) is 0 Å². The van der Waals surface area contributed by atoms with Gasteiger partial charge < -0.3 is 39.2 Å². The van der Waals surface area contributed by atoms with Crippen LogP contribution in [-0.2, 0) is 0 Å². The van der Waals surface area contributed by atoms with Crippen LogP contribution in [0.25, 0.3) is 32.3 Å². The molecular formula is C112H82N8. The van der Waals surface area contributed by atoms with Gasteiger partial charge in [0.25, 0.3) is 0 Å². The van der Waals surface area contributed by atoms with Crippen molar-refractivity contribution in [3.05, 3.63) is 497 Å². The smallest absolute Gasteiger partial charge is 0.0810 e. The molecule has 8 nitrogen and oxygen atoms in total. The Balaban J connectivity index is 1.22. The van der Waals surface area contributed by atoms with Crippen LogP contribution < -0.4 is 39.2 Å². The SMILES string of the molecule is c1ccc(N(c2ccccc2)c2cc(N(c3ccccc3)c3ccccc3)c3c(N(c4ccccc4)c4ccccc4)c(N(c4ccccc4)c4ccccc4)c4c(N(c5ccccc5)c5ccccc5)cc(N(c5ccccc5)c5ccccc5)c5c(N(c6ccccc6)c6ccccc6)c(N(c6ccccc6)c6ccccc6)c2c3c54)cc1. The van der Waals surface area contributed by atoms with Gasteiger partial charge in [-0.2, -0.15) is 0 Å². The number of rotatable bonds is 24. The van der Waals surface area contributed by atoms with Crippen LogP contribution in [-0.4, -0.2) is 0 Å². The standard InChI is InChI=1S/C112H82N8/c1-17-49-83(50-18-1)113(84-51-19-2-20-52-84)99-81-100(114(85-53-21-3-22-54-85)86-55-23-4-24-56-86)104-107-103(99)109(117(91-65-33-9-34-66-91)92-67-35-10-36-68-92)110(118(93-69-37-11-38-70-93)94-71-39-12-40-72-94)105-101(115(87-57-25-5-26-58-87)88-59-27-6-28-60-88)82-102(116(89-61-29-7-30-62-89)90-63-31-8-32-64-90)106(108(105)107)112(120(97-77-45-15-46-78-97)98-79-47-16-48-80-98)111(104)119(95-73-41-13-42-74-95)96-75-43-14-44-76-96/h1-82H. The van der Waals surface area contributed by atoms with E-state index in [-0.39, 0.29) is 0 Å². The molecule has 570 valence electrons. The molecule has 0 unspecified atom stereocenters. The predicted octanol–water partition coefficient (Wildman–Crippen LogP) is 32.3. The molecule has 20 rings (SSSR count). The Labute approximate surface area is 700 Å². The molecule has 0 amide bonds. The highest BCUT2D eigenvalue weighted by Crippen LogP contribution is 2.68. The lowest BCUT2D eigenvalue weighted by molar-refractivity contribution is 1.22. The highest BCUT2D eigenvalue weighted by Gasteiger charge is 2.42. The highest BCUT2D eigenvalue weighted by atomic mass is 15.3. The van der Waals surface area contributed by atoms with E-state index < -0.39 is 0 Å². The molecule has 0 aliphatic carbocycles. The summed E-state index contributed by atoms with van der Waals surface area (Å²) in [5.74, 6) is 0. The summed E-state index contributed by atoms with van der Waals surface area (Å²) in [5.41, 5.74) is 22.3. The van der Waals surface area contributed by atoms with Gasteiger partial charge in [-0.15, -0.1) is 0 Å². The second kappa shape index (κ2) is 33.0. The van der Waals surface area contributed by atoms with Crippen molar-refractivity contribution in [3.8, 4) is 0 Å². The summed E-state index contributed by atoms with van der Waals surface area (Å²) in [7, 11) is 0. The first-order valence-electron chi connectivity index (χ1n) is 40.8.